The third kappa shape index (κ3) is 5.17. The standard InChI is InChI=1S/C24H29N3O.C2H6.H2/c1-24(2,17-28)20-9-7-18(8-10-20)11-14-27-15-12-19(13-16-27)23-25-21-5-3-4-6-22(21)26-23;1-2;/h3-10,17,19H,11-16H2,1-2H3,(H,25,26);1-2H3;1H. The number of carbonyl (C=O) groups is 1. The summed E-state index contributed by atoms with van der Waals surface area (Å²) in [5.41, 5.74) is 4.22. The molecule has 1 N–H and O–H groups in total. The van der Waals surface area contributed by atoms with Crippen LogP contribution in [0, 0.1) is 0 Å². The van der Waals surface area contributed by atoms with E-state index in [4.69, 9.17) is 4.98 Å². The van der Waals surface area contributed by atoms with Gasteiger partial charge in [0.05, 0.1) is 11.0 Å². The fourth-order valence-corrected chi connectivity index (χ4v) is 4.05. The van der Waals surface area contributed by atoms with Crippen LogP contribution < -0.4 is 0 Å². The average molecular weight is 408 g/mol. The van der Waals surface area contributed by atoms with Crippen molar-refractivity contribution in [2.24, 2.45) is 0 Å². The van der Waals surface area contributed by atoms with Crippen molar-refractivity contribution < 1.29 is 6.22 Å². The van der Waals surface area contributed by atoms with E-state index in [1.807, 2.05) is 33.8 Å². The molecule has 1 aliphatic rings. The van der Waals surface area contributed by atoms with Gasteiger partial charge in [0.15, 0.2) is 0 Å². The molecule has 0 saturated carbocycles. The smallest absolute Gasteiger partial charge is 0.129 e. The highest BCUT2D eigenvalue weighted by molar-refractivity contribution is 5.74. The third-order valence-electron chi connectivity index (χ3n) is 6.09. The fourth-order valence-electron chi connectivity index (χ4n) is 4.05. The number of H-pyrrole nitrogens is 1. The van der Waals surface area contributed by atoms with E-state index >= 15 is 0 Å². The lowest BCUT2D eigenvalue weighted by molar-refractivity contribution is -0.111. The molecule has 4 rings (SSSR count). The molecule has 0 unspecified atom stereocenters. The SMILES string of the molecule is CC.CC(C)(C=O)c1ccc(CCN2CCC(c3nc4ccccc4[nH]3)CC2)cc1.[HH]. The predicted octanol–water partition coefficient (Wildman–Crippen LogP) is 5.73. The number of piperidine rings is 1. The van der Waals surface area contributed by atoms with Crippen LogP contribution in [0.15, 0.2) is 48.5 Å². The molecule has 0 atom stereocenters. The molecule has 0 bridgehead atoms. The number of aromatic amines is 1. The molecule has 1 fully saturated rings. The summed E-state index contributed by atoms with van der Waals surface area (Å²) in [7, 11) is 0. The first-order chi connectivity index (χ1) is 14.5. The van der Waals surface area contributed by atoms with Gasteiger partial charge in [0, 0.05) is 19.3 Å². The van der Waals surface area contributed by atoms with E-state index in [2.05, 4.69) is 52.3 Å². The monoisotopic (exact) mass is 407 g/mol. The first kappa shape index (κ1) is 22.2. The Hall–Kier alpha value is -2.46. The lowest BCUT2D eigenvalue weighted by atomic mass is 9.86. The number of imidazole rings is 1. The number of benzene rings is 2. The van der Waals surface area contributed by atoms with Crippen LogP contribution in [0.3, 0.4) is 0 Å². The van der Waals surface area contributed by atoms with E-state index in [0.717, 1.165) is 67.6 Å². The van der Waals surface area contributed by atoms with Gasteiger partial charge in [0.2, 0.25) is 0 Å². The minimum atomic E-state index is -0.406. The maximum Gasteiger partial charge on any atom is 0.129 e. The Morgan fingerprint density at radius 1 is 1.10 bits per heavy atom. The van der Waals surface area contributed by atoms with Crippen molar-refractivity contribution in [3.63, 3.8) is 0 Å². The summed E-state index contributed by atoms with van der Waals surface area (Å²) in [4.78, 5) is 22.1. The molecule has 30 heavy (non-hydrogen) atoms. The van der Waals surface area contributed by atoms with Crippen LogP contribution in [0.1, 0.15) is 64.8 Å². The molecule has 4 heteroatoms. The van der Waals surface area contributed by atoms with E-state index < -0.39 is 5.41 Å². The summed E-state index contributed by atoms with van der Waals surface area (Å²) < 4.78 is 0. The number of nitrogens with one attached hydrogen (secondary N) is 1. The second kappa shape index (κ2) is 10.0. The topological polar surface area (TPSA) is 49.0 Å². The van der Waals surface area contributed by atoms with Gasteiger partial charge in [-0.25, -0.2) is 4.98 Å². The number of carbonyl (C=O) groups excluding carboxylic acids is 1. The molecule has 0 spiro atoms. The molecule has 1 saturated heterocycles. The van der Waals surface area contributed by atoms with Gasteiger partial charge in [0.1, 0.15) is 12.1 Å². The van der Waals surface area contributed by atoms with Crippen LogP contribution in [0.5, 0.6) is 0 Å². The Morgan fingerprint density at radius 2 is 1.77 bits per heavy atom. The Kier molecular flexibility index (Phi) is 7.43. The highest BCUT2D eigenvalue weighted by Crippen LogP contribution is 2.28. The summed E-state index contributed by atoms with van der Waals surface area (Å²) >= 11 is 0. The minimum Gasteiger partial charge on any atom is -0.342 e. The van der Waals surface area contributed by atoms with Crippen molar-refractivity contribution in [2.45, 2.75) is 58.3 Å². The number of para-hydroxylation sites is 2. The quantitative estimate of drug-likeness (QED) is 0.531. The highest BCUT2D eigenvalue weighted by Gasteiger charge is 2.23. The summed E-state index contributed by atoms with van der Waals surface area (Å²) in [5, 5.41) is 0. The molecule has 162 valence electrons. The predicted molar refractivity (Wildman–Crippen MR) is 127 cm³/mol. The van der Waals surface area contributed by atoms with Crippen LogP contribution >= 0.6 is 0 Å². The second-order valence-corrected chi connectivity index (χ2v) is 8.54. The van der Waals surface area contributed by atoms with Crippen molar-refractivity contribution >= 4 is 17.3 Å². The maximum atomic E-state index is 11.2. The molecule has 2 heterocycles. The molecule has 1 aliphatic heterocycles. The van der Waals surface area contributed by atoms with Gasteiger partial charge in [-0.3, -0.25) is 0 Å². The van der Waals surface area contributed by atoms with Crippen molar-refractivity contribution in [3.05, 3.63) is 65.5 Å². The molecular formula is C26H37N3O. The zero-order valence-corrected chi connectivity index (χ0v) is 18.8. The molecule has 4 nitrogen and oxygen atoms in total. The van der Waals surface area contributed by atoms with Gasteiger partial charge in [-0.15, -0.1) is 0 Å². The van der Waals surface area contributed by atoms with Crippen molar-refractivity contribution in [1.82, 2.24) is 14.9 Å². The fraction of sp³-hybridized carbons (Fsp3) is 0.462. The molecule has 1 aromatic heterocycles. The van der Waals surface area contributed by atoms with Crippen LogP contribution in [0.2, 0.25) is 0 Å². The average Bonchev–Trinajstić information content (AvgIpc) is 3.24. The number of hydrogen-bond donors (Lipinski definition) is 1. The summed E-state index contributed by atoms with van der Waals surface area (Å²) in [6.07, 6.45) is 4.39. The number of rotatable bonds is 6. The van der Waals surface area contributed by atoms with E-state index in [0.29, 0.717) is 5.92 Å². The Balaban J connectivity index is 0.00000111. The Morgan fingerprint density at radius 3 is 2.40 bits per heavy atom. The summed E-state index contributed by atoms with van der Waals surface area (Å²) in [5.74, 6) is 1.68. The van der Waals surface area contributed by atoms with Gasteiger partial charge in [-0.1, -0.05) is 50.2 Å². The second-order valence-electron chi connectivity index (χ2n) is 8.54. The van der Waals surface area contributed by atoms with Gasteiger partial charge in [0.25, 0.3) is 0 Å². The Labute approximate surface area is 182 Å². The number of aldehydes is 1. The maximum absolute atomic E-state index is 11.2. The zero-order valence-electron chi connectivity index (χ0n) is 18.8. The van der Waals surface area contributed by atoms with Crippen molar-refractivity contribution in [2.75, 3.05) is 19.6 Å². The van der Waals surface area contributed by atoms with Crippen LogP contribution in [0.4, 0.5) is 0 Å². The minimum absolute atomic E-state index is 0. The van der Waals surface area contributed by atoms with E-state index in [1.165, 1.54) is 5.56 Å². The van der Waals surface area contributed by atoms with E-state index in [9.17, 15) is 4.79 Å². The third-order valence-corrected chi connectivity index (χ3v) is 6.09. The molecular weight excluding hydrogens is 370 g/mol. The van der Waals surface area contributed by atoms with Crippen molar-refractivity contribution in [3.8, 4) is 0 Å². The van der Waals surface area contributed by atoms with E-state index in [1.54, 1.807) is 0 Å². The lowest BCUT2D eigenvalue weighted by Crippen LogP contribution is -2.34. The number of aromatic nitrogens is 2. The van der Waals surface area contributed by atoms with Gasteiger partial charge in [-0.05, 0) is 69.5 Å². The number of hydrogen-bond acceptors (Lipinski definition) is 3. The van der Waals surface area contributed by atoms with E-state index in [-0.39, 0.29) is 1.43 Å². The highest BCUT2D eigenvalue weighted by atomic mass is 16.1. The van der Waals surface area contributed by atoms with Gasteiger partial charge >= 0.3 is 0 Å². The van der Waals surface area contributed by atoms with Crippen LogP contribution in [0.25, 0.3) is 11.0 Å². The lowest BCUT2D eigenvalue weighted by Gasteiger charge is -2.31. The van der Waals surface area contributed by atoms with Crippen LogP contribution in [-0.4, -0.2) is 40.8 Å². The number of nitrogens with zero attached hydrogens (tertiary/aromatic N) is 2. The van der Waals surface area contributed by atoms with Crippen molar-refractivity contribution in [1.29, 1.82) is 0 Å². The first-order valence-corrected chi connectivity index (χ1v) is 11.3. The van der Waals surface area contributed by atoms with Gasteiger partial charge in [-0.2, -0.15) is 0 Å². The summed E-state index contributed by atoms with van der Waals surface area (Å²) in [6, 6.07) is 16.8. The summed E-state index contributed by atoms with van der Waals surface area (Å²) in [6.45, 7) is 11.3. The molecule has 0 radical (unpaired) electrons. The largest absolute Gasteiger partial charge is 0.342 e. The van der Waals surface area contributed by atoms with Gasteiger partial charge < -0.3 is 14.7 Å². The molecule has 2 aromatic carbocycles. The molecule has 3 aromatic rings. The zero-order chi connectivity index (χ0) is 21.6. The molecule has 0 amide bonds. The first-order valence-electron chi connectivity index (χ1n) is 11.3. The normalized spacial score (nSPS) is 15.6. The Bertz CT molecular complexity index is 908. The number of likely N-dealkylation sites (tertiary alicyclic amines) is 1. The van der Waals surface area contributed by atoms with Crippen LogP contribution in [-0.2, 0) is 16.6 Å². The molecule has 0 aliphatic carbocycles. The number of fused-ring (bicyclic) bond motifs is 1.